The van der Waals surface area contributed by atoms with Gasteiger partial charge in [0.2, 0.25) is 6.29 Å². The topological polar surface area (TPSA) is 138 Å². The van der Waals surface area contributed by atoms with Gasteiger partial charge in [0.1, 0.15) is 18.0 Å². The third kappa shape index (κ3) is 12.8. The maximum Gasteiger partial charge on any atom is 0.511 e. The number of alkyl carbamates (subject to hydrolysis) is 1. The average Bonchev–Trinajstić information content (AvgIpc) is 2.86. The van der Waals surface area contributed by atoms with Gasteiger partial charge < -0.3 is 34.3 Å². The third-order valence-corrected chi connectivity index (χ3v) is 5.37. The monoisotopic (exact) mass is 592 g/mol. The van der Waals surface area contributed by atoms with E-state index in [1.807, 2.05) is 12.1 Å². The van der Waals surface area contributed by atoms with Crippen LogP contribution in [-0.4, -0.2) is 61.3 Å². The lowest BCUT2D eigenvalue weighted by Gasteiger charge is -2.26. The maximum absolute atomic E-state index is 12.6. The molecule has 0 saturated carbocycles. The Bertz CT molecular complexity index is 1180. The number of amides is 2. The smallest absolute Gasteiger partial charge is 0.476 e. The first-order chi connectivity index (χ1) is 19.1. The largest absolute Gasteiger partial charge is 0.511 e. The number of carbonyl (C=O) groups excluding carboxylic acids is 4. The molecule has 0 radical (unpaired) electrons. The Balaban J connectivity index is 1.71. The molecule has 0 aliphatic heterocycles. The van der Waals surface area contributed by atoms with E-state index in [0.29, 0.717) is 29.3 Å². The highest BCUT2D eigenvalue weighted by molar-refractivity contribution is 6.30. The lowest BCUT2D eigenvalue weighted by Crippen LogP contribution is -2.42. The quantitative estimate of drug-likeness (QED) is 0.150. The minimum absolute atomic E-state index is 0.00981. The van der Waals surface area contributed by atoms with Crippen LogP contribution in [0.3, 0.4) is 0 Å². The number of esters is 1. The normalized spacial score (nSPS) is 12.0. The van der Waals surface area contributed by atoms with E-state index in [0.717, 1.165) is 5.56 Å². The third-order valence-electron chi connectivity index (χ3n) is 5.12. The van der Waals surface area contributed by atoms with Gasteiger partial charge in [-0.3, -0.25) is 4.79 Å². The standard InChI is InChI=1S/C29H37ClN2O9/c1-19(39-27(36)37-18-17-32-26(35)41-28(2,3)4)38-25(34)29(5,6)40-23-13-7-20(8-14-23)15-16-31-24(33)21-9-11-22(30)12-10-21/h7-14,19H,15-18H2,1-6H3,(H,31,33)(H,32,35). The summed E-state index contributed by atoms with van der Waals surface area (Å²) in [6, 6.07) is 13.7. The van der Waals surface area contributed by atoms with E-state index in [1.165, 1.54) is 20.8 Å². The number of ether oxygens (including phenoxy) is 5. The second-order valence-corrected chi connectivity index (χ2v) is 10.8. The molecule has 2 rings (SSSR count). The van der Waals surface area contributed by atoms with Gasteiger partial charge in [-0.15, -0.1) is 0 Å². The summed E-state index contributed by atoms with van der Waals surface area (Å²) in [5, 5.41) is 5.84. The van der Waals surface area contributed by atoms with Gasteiger partial charge in [0.25, 0.3) is 5.91 Å². The minimum atomic E-state index is -1.40. The van der Waals surface area contributed by atoms with E-state index in [4.69, 9.17) is 35.3 Å². The van der Waals surface area contributed by atoms with Crippen molar-refractivity contribution in [2.75, 3.05) is 19.7 Å². The van der Waals surface area contributed by atoms with Crippen molar-refractivity contribution in [2.45, 2.75) is 65.5 Å². The van der Waals surface area contributed by atoms with E-state index in [2.05, 4.69) is 10.6 Å². The molecule has 224 valence electrons. The molecule has 0 fully saturated rings. The van der Waals surface area contributed by atoms with Crippen molar-refractivity contribution in [2.24, 2.45) is 0 Å². The molecule has 0 saturated heterocycles. The fourth-order valence-corrected chi connectivity index (χ4v) is 3.30. The van der Waals surface area contributed by atoms with Crippen LogP contribution in [0.15, 0.2) is 48.5 Å². The van der Waals surface area contributed by atoms with Crippen LogP contribution in [0.1, 0.15) is 57.5 Å². The second-order valence-electron chi connectivity index (χ2n) is 10.4. The number of benzene rings is 2. The number of halogens is 1. The van der Waals surface area contributed by atoms with Crippen LogP contribution >= 0.6 is 11.6 Å². The Labute approximate surface area is 244 Å². The Kier molecular flexibility index (Phi) is 12.3. The summed E-state index contributed by atoms with van der Waals surface area (Å²) in [5.41, 5.74) is -0.566. The summed E-state index contributed by atoms with van der Waals surface area (Å²) >= 11 is 5.85. The average molecular weight is 593 g/mol. The number of nitrogens with one attached hydrogen (secondary N) is 2. The molecule has 1 unspecified atom stereocenters. The van der Waals surface area contributed by atoms with Crippen LogP contribution in [0, 0.1) is 0 Å². The highest BCUT2D eigenvalue weighted by Gasteiger charge is 2.34. The number of rotatable bonds is 12. The summed E-state index contributed by atoms with van der Waals surface area (Å²) in [4.78, 5) is 48.2. The van der Waals surface area contributed by atoms with E-state index >= 15 is 0 Å². The number of hydrogen-bond donors (Lipinski definition) is 2. The van der Waals surface area contributed by atoms with Crippen molar-refractivity contribution in [3.63, 3.8) is 0 Å². The SMILES string of the molecule is CC(OC(=O)OCCNC(=O)OC(C)(C)C)OC(=O)C(C)(C)Oc1ccc(CCNC(=O)c2ccc(Cl)cc2)cc1. The fourth-order valence-electron chi connectivity index (χ4n) is 3.17. The zero-order valence-electron chi connectivity index (χ0n) is 24.1. The first-order valence-electron chi connectivity index (χ1n) is 13.0. The summed E-state index contributed by atoms with van der Waals surface area (Å²) in [6.07, 6.45) is -2.38. The number of hydrogen-bond acceptors (Lipinski definition) is 9. The molecule has 0 aliphatic rings. The van der Waals surface area contributed by atoms with E-state index < -0.39 is 35.7 Å². The van der Waals surface area contributed by atoms with Gasteiger partial charge in [-0.25, -0.2) is 14.4 Å². The van der Waals surface area contributed by atoms with Crippen molar-refractivity contribution in [3.05, 3.63) is 64.7 Å². The van der Waals surface area contributed by atoms with Crippen LogP contribution in [0.5, 0.6) is 5.75 Å². The van der Waals surface area contributed by atoms with Crippen LogP contribution in [-0.2, 0) is 30.2 Å². The van der Waals surface area contributed by atoms with Gasteiger partial charge in [-0.05, 0) is 83.0 Å². The molecule has 2 aromatic carbocycles. The van der Waals surface area contributed by atoms with Gasteiger partial charge >= 0.3 is 18.2 Å². The van der Waals surface area contributed by atoms with Gasteiger partial charge in [0.15, 0.2) is 5.60 Å². The molecule has 0 aliphatic carbocycles. The van der Waals surface area contributed by atoms with Crippen LogP contribution < -0.4 is 15.4 Å². The predicted octanol–water partition coefficient (Wildman–Crippen LogP) is 5.04. The number of carbonyl (C=O) groups is 4. The first kappa shape index (κ1) is 33.2. The Morgan fingerprint density at radius 1 is 0.854 bits per heavy atom. The zero-order chi connectivity index (χ0) is 30.6. The van der Waals surface area contributed by atoms with Gasteiger partial charge in [0.05, 0.1) is 6.54 Å². The molecular formula is C29H37ClN2O9. The van der Waals surface area contributed by atoms with Crippen LogP contribution in [0.25, 0.3) is 0 Å². The molecule has 41 heavy (non-hydrogen) atoms. The predicted molar refractivity (Wildman–Crippen MR) is 151 cm³/mol. The summed E-state index contributed by atoms with van der Waals surface area (Å²) < 4.78 is 25.8. The summed E-state index contributed by atoms with van der Waals surface area (Å²) in [5.74, 6) is -0.534. The molecule has 0 bridgehead atoms. The minimum Gasteiger partial charge on any atom is -0.476 e. The highest BCUT2D eigenvalue weighted by Crippen LogP contribution is 2.21. The van der Waals surface area contributed by atoms with E-state index in [9.17, 15) is 19.2 Å². The Morgan fingerprint density at radius 3 is 2.10 bits per heavy atom. The van der Waals surface area contributed by atoms with Gasteiger partial charge in [-0.2, -0.15) is 0 Å². The Hall–Kier alpha value is -3.99. The molecular weight excluding hydrogens is 556 g/mol. The van der Waals surface area contributed by atoms with Crippen molar-refractivity contribution < 1.29 is 42.9 Å². The molecule has 0 heterocycles. The van der Waals surface area contributed by atoms with Gasteiger partial charge in [0, 0.05) is 24.1 Å². The lowest BCUT2D eigenvalue weighted by molar-refractivity contribution is -0.183. The summed E-state index contributed by atoms with van der Waals surface area (Å²) in [7, 11) is 0. The molecule has 2 amide bonds. The molecule has 11 nitrogen and oxygen atoms in total. The van der Waals surface area contributed by atoms with Crippen LogP contribution in [0.2, 0.25) is 5.02 Å². The van der Waals surface area contributed by atoms with Crippen molar-refractivity contribution in [1.29, 1.82) is 0 Å². The molecule has 0 aromatic heterocycles. The molecule has 2 N–H and O–H groups in total. The van der Waals surface area contributed by atoms with Crippen molar-refractivity contribution in [3.8, 4) is 5.75 Å². The highest BCUT2D eigenvalue weighted by atomic mass is 35.5. The molecule has 2 aromatic rings. The van der Waals surface area contributed by atoms with Gasteiger partial charge in [-0.1, -0.05) is 23.7 Å². The van der Waals surface area contributed by atoms with Crippen LogP contribution in [0.4, 0.5) is 9.59 Å². The summed E-state index contributed by atoms with van der Waals surface area (Å²) in [6.45, 7) is 9.83. The second kappa shape index (κ2) is 15.1. The van der Waals surface area contributed by atoms with E-state index in [1.54, 1.807) is 57.2 Å². The van der Waals surface area contributed by atoms with E-state index in [-0.39, 0.29) is 19.1 Å². The molecule has 12 heteroatoms. The van der Waals surface area contributed by atoms with Crippen molar-refractivity contribution >= 4 is 35.7 Å². The maximum atomic E-state index is 12.6. The fraction of sp³-hybridized carbons (Fsp3) is 0.448. The molecule has 0 spiro atoms. The zero-order valence-corrected chi connectivity index (χ0v) is 24.8. The lowest BCUT2D eigenvalue weighted by atomic mass is 10.1. The molecule has 1 atom stereocenters. The van der Waals surface area contributed by atoms with Crippen molar-refractivity contribution in [1.82, 2.24) is 10.6 Å². The first-order valence-corrected chi connectivity index (χ1v) is 13.4. The Morgan fingerprint density at radius 2 is 1.49 bits per heavy atom.